The Kier molecular flexibility index (Phi) is 59.9. The molecule has 0 heterocycles. The molecule has 0 rings (SSSR count). The van der Waals surface area contributed by atoms with Crippen LogP contribution in [0.4, 0.5) is 0 Å². The van der Waals surface area contributed by atoms with Gasteiger partial charge in [0.05, 0.1) is 31.3 Å². The van der Waals surface area contributed by atoms with E-state index in [-0.39, 0.29) is 18.9 Å². The van der Waals surface area contributed by atoms with Crippen LogP contribution in [0.2, 0.25) is 0 Å². The van der Waals surface area contributed by atoms with Crippen LogP contribution in [0.25, 0.3) is 0 Å². The lowest BCUT2D eigenvalue weighted by molar-refractivity contribution is -0.124. The van der Waals surface area contributed by atoms with Gasteiger partial charge in [-0.15, -0.1) is 0 Å². The van der Waals surface area contributed by atoms with Crippen LogP contribution in [0.3, 0.4) is 0 Å². The number of rotatable bonds is 59. The third kappa shape index (κ3) is 57.3. The zero-order valence-electron chi connectivity index (χ0n) is 48.3. The molecule has 3 unspecified atom stereocenters. The summed E-state index contributed by atoms with van der Waals surface area (Å²) in [5.74, 6) is -0.327. The number of nitrogens with one attached hydrogen (secondary N) is 1. The number of hydrogen-bond acceptors (Lipinski definition) is 4. The molecule has 0 aliphatic carbocycles. The van der Waals surface area contributed by atoms with Crippen molar-refractivity contribution < 1.29 is 20.1 Å². The van der Waals surface area contributed by atoms with Gasteiger partial charge in [-0.25, -0.2) is 0 Å². The van der Waals surface area contributed by atoms with E-state index in [2.05, 4.69) is 67.8 Å². The number of aliphatic hydroxyl groups is 3. The van der Waals surface area contributed by atoms with Crippen molar-refractivity contribution in [1.82, 2.24) is 5.32 Å². The van der Waals surface area contributed by atoms with Gasteiger partial charge in [0.15, 0.2) is 0 Å². The lowest BCUT2D eigenvalue weighted by Crippen LogP contribution is -2.45. The van der Waals surface area contributed by atoms with Crippen LogP contribution in [0, 0.1) is 0 Å². The summed E-state index contributed by atoms with van der Waals surface area (Å²) in [6.45, 7) is 4.23. The minimum atomic E-state index is -0.963. The zero-order valence-corrected chi connectivity index (χ0v) is 48.3. The van der Waals surface area contributed by atoms with E-state index in [1.165, 1.54) is 263 Å². The monoisotopic (exact) mass is 1010 g/mol. The topological polar surface area (TPSA) is 89.8 Å². The number of aliphatic hydroxyl groups excluding tert-OH is 3. The van der Waals surface area contributed by atoms with E-state index in [4.69, 9.17) is 0 Å². The maximum atomic E-state index is 12.5. The van der Waals surface area contributed by atoms with Gasteiger partial charge in [-0.1, -0.05) is 312 Å². The molecule has 0 aliphatic rings. The molecule has 5 heteroatoms. The average molecular weight is 1010 g/mol. The smallest absolute Gasteiger partial charge is 0.222 e. The summed E-state index contributed by atoms with van der Waals surface area (Å²) in [7, 11) is 0. The van der Waals surface area contributed by atoms with Crippen LogP contribution in [0.15, 0.2) is 60.8 Å². The molecular weight excluding hydrogens is 883 g/mol. The van der Waals surface area contributed by atoms with Crippen LogP contribution in [-0.4, -0.2) is 46.1 Å². The first kappa shape index (κ1) is 70.1. The first-order valence-electron chi connectivity index (χ1n) is 32.1. The molecule has 422 valence electrons. The Morgan fingerprint density at radius 2 is 0.639 bits per heavy atom. The van der Waals surface area contributed by atoms with Crippen molar-refractivity contribution in [1.29, 1.82) is 0 Å². The predicted molar refractivity (Wildman–Crippen MR) is 319 cm³/mol. The summed E-state index contributed by atoms with van der Waals surface area (Å²) in [4.78, 5) is 12.5. The Hall–Kier alpha value is -1.95. The van der Waals surface area contributed by atoms with Crippen molar-refractivity contribution in [2.75, 3.05) is 6.61 Å². The molecule has 3 atom stereocenters. The molecule has 0 radical (unpaired) electrons. The second-order valence-corrected chi connectivity index (χ2v) is 22.0. The molecule has 0 saturated heterocycles. The lowest BCUT2D eigenvalue weighted by Gasteiger charge is -2.21. The second kappa shape index (κ2) is 61.6. The summed E-state index contributed by atoms with van der Waals surface area (Å²) in [6, 6.07) is -0.771. The molecule has 0 fully saturated rings. The number of carbonyl (C=O) groups is 1. The quantitative estimate of drug-likeness (QED) is 0.0361. The average Bonchev–Trinajstić information content (AvgIpc) is 3.38. The third-order valence-electron chi connectivity index (χ3n) is 14.8. The molecule has 0 spiro atoms. The van der Waals surface area contributed by atoms with Gasteiger partial charge in [0, 0.05) is 0 Å². The molecule has 0 aromatic carbocycles. The highest BCUT2D eigenvalue weighted by Gasteiger charge is 2.20. The van der Waals surface area contributed by atoms with Crippen molar-refractivity contribution >= 4 is 5.91 Å². The van der Waals surface area contributed by atoms with E-state index >= 15 is 0 Å². The van der Waals surface area contributed by atoms with Gasteiger partial charge in [0.2, 0.25) is 5.91 Å². The number of carbonyl (C=O) groups excluding carboxylic acids is 1. The molecule has 4 N–H and O–H groups in total. The second-order valence-electron chi connectivity index (χ2n) is 22.0. The Bertz CT molecular complexity index is 1210. The van der Waals surface area contributed by atoms with E-state index in [9.17, 15) is 20.1 Å². The highest BCUT2D eigenvalue weighted by molar-refractivity contribution is 5.76. The van der Waals surface area contributed by atoms with Crippen LogP contribution >= 0.6 is 0 Å². The van der Waals surface area contributed by atoms with Crippen molar-refractivity contribution in [3.05, 3.63) is 60.8 Å². The van der Waals surface area contributed by atoms with E-state index in [0.29, 0.717) is 6.42 Å². The third-order valence-corrected chi connectivity index (χ3v) is 14.8. The highest BCUT2D eigenvalue weighted by Crippen LogP contribution is 2.17. The van der Waals surface area contributed by atoms with Crippen LogP contribution in [0.1, 0.15) is 335 Å². The molecular formula is C67H125NO4. The maximum Gasteiger partial charge on any atom is 0.222 e. The van der Waals surface area contributed by atoms with E-state index in [0.717, 1.165) is 44.9 Å². The SMILES string of the molecule is CCCCCCCCCCCC/C=C/CC/C=C/CC/C=C/C(O)C(CO)NC(=O)CC(O)CCCCCCCCCCCCCCCCC/C=C\C/C=C\CCCCCCCCCCCCCCCCC. The highest BCUT2D eigenvalue weighted by atomic mass is 16.3. The number of unbranched alkanes of at least 4 members (excludes halogenated alkanes) is 42. The minimum Gasteiger partial charge on any atom is -0.394 e. The van der Waals surface area contributed by atoms with E-state index < -0.39 is 18.2 Å². The summed E-state index contributed by atoms with van der Waals surface area (Å²) < 4.78 is 0. The Labute approximate surface area is 449 Å². The fourth-order valence-corrected chi connectivity index (χ4v) is 9.88. The molecule has 5 nitrogen and oxygen atoms in total. The van der Waals surface area contributed by atoms with Gasteiger partial charge in [0.1, 0.15) is 0 Å². The number of amides is 1. The normalized spacial score (nSPS) is 13.6. The van der Waals surface area contributed by atoms with Gasteiger partial charge >= 0.3 is 0 Å². The molecule has 0 aromatic rings. The summed E-state index contributed by atoms with van der Waals surface area (Å²) in [5, 5.41) is 33.5. The van der Waals surface area contributed by atoms with Crippen molar-refractivity contribution in [3.63, 3.8) is 0 Å². The van der Waals surface area contributed by atoms with Crippen LogP contribution in [-0.2, 0) is 4.79 Å². The van der Waals surface area contributed by atoms with Gasteiger partial charge in [-0.05, 0) is 77.0 Å². The molecule has 0 aliphatic heterocycles. The molecule has 0 bridgehead atoms. The largest absolute Gasteiger partial charge is 0.394 e. The van der Waals surface area contributed by atoms with Crippen molar-refractivity contribution in [2.24, 2.45) is 0 Å². The predicted octanol–water partition coefficient (Wildman–Crippen LogP) is 20.5. The first-order valence-corrected chi connectivity index (χ1v) is 32.1. The van der Waals surface area contributed by atoms with E-state index in [1.807, 2.05) is 6.08 Å². The maximum absolute atomic E-state index is 12.5. The molecule has 1 amide bonds. The van der Waals surface area contributed by atoms with E-state index in [1.54, 1.807) is 6.08 Å². The fourth-order valence-electron chi connectivity index (χ4n) is 9.88. The zero-order chi connectivity index (χ0) is 52.2. The fraction of sp³-hybridized carbons (Fsp3) is 0.836. The lowest BCUT2D eigenvalue weighted by atomic mass is 10.0. The number of hydrogen-bond donors (Lipinski definition) is 4. The van der Waals surface area contributed by atoms with Crippen molar-refractivity contribution in [3.8, 4) is 0 Å². The Balaban J connectivity index is 3.55. The first-order chi connectivity index (χ1) is 35.5. The minimum absolute atomic E-state index is 0.00168. The molecule has 0 saturated carbocycles. The number of allylic oxidation sites excluding steroid dienone is 9. The summed E-state index contributed by atoms with van der Waals surface area (Å²) in [5.41, 5.74) is 0. The van der Waals surface area contributed by atoms with Crippen molar-refractivity contribution in [2.45, 2.75) is 353 Å². The Morgan fingerprint density at radius 1 is 0.361 bits per heavy atom. The molecule has 72 heavy (non-hydrogen) atoms. The molecule has 0 aromatic heterocycles. The standard InChI is InChI=1S/C67H125NO4/c1-3-5-7-9-11-13-15-17-19-21-23-25-26-27-28-29-30-31-32-33-34-35-36-37-38-39-40-41-42-44-46-48-50-52-54-56-58-60-64(70)62-67(72)68-65(63-69)66(71)61-59-57-55-53-51-49-47-45-43-24-22-20-18-16-14-12-10-8-6-4-2/h30-31,33-34,43,45,51,53,59,61,64-66,69-71H,3-29,32,35-42,44,46-50,52,54-58,60,62-63H2,1-2H3,(H,68,72)/b31-30-,34-33-,45-43+,53-51+,61-59+. The van der Waals surface area contributed by atoms with Gasteiger partial charge in [-0.2, -0.15) is 0 Å². The van der Waals surface area contributed by atoms with Crippen LogP contribution < -0.4 is 5.32 Å². The van der Waals surface area contributed by atoms with Gasteiger partial charge in [0.25, 0.3) is 0 Å². The van der Waals surface area contributed by atoms with Gasteiger partial charge in [-0.3, -0.25) is 4.79 Å². The van der Waals surface area contributed by atoms with Gasteiger partial charge < -0.3 is 20.6 Å². The van der Waals surface area contributed by atoms with Crippen LogP contribution in [0.5, 0.6) is 0 Å². The summed E-state index contributed by atoms with van der Waals surface area (Å²) in [6.07, 6.45) is 84.5. The Morgan fingerprint density at radius 3 is 0.972 bits per heavy atom. The summed E-state index contributed by atoms with van der Waals surface area (Å²) >= 11 is 0.